The van der Waals surface area contributed by atoms with Crippen molar-refractivity contribution in [1.29, 1.82) is 0 Å². The minimum Gasteiger partial charge on any atom is -0.394 e. The van der Waals surface area contributed by atoms with Crippen LogP contribution in [0.4, 0.5) is 10.1 Å². The molecule has 20 heavy (non-hydrogen) atoms. The van der Waals surface area contributed by atoms with E-state index in [0.717, 1.165) is 6.42 Å². The van der Waals surface area contributed by atoms with Crippen molar-refractivity contribution in [1.82, 2.24) is 0 Å². The third kappa shape index (κ3) is 4.07. The maximum atomic E-state index is 13.1. The highest BCUT2D eigenvalue weighted by Gasteiger charge is 2.14. The fourth-order valence-corrected chi connectivity index (χ4v) is 2.34. The summed E-state index contributed by atoms with van der Waals surface area (Å²) in [5.74, 6) is 0.0530. The Labute approximate surface area is 119 Å². The highest BCUT2D eigenvalue weighted by Crippen LogP contribution is 2.22. The van der Waals surface area contributed by atoms with Crippen molar-refractivity contribution < 1.29 is 9.50 Å². The first-order valence-corrected chi connectivity index (χ1v) is 6.87. The molecule has 0 aliphatic heterocycles. The van der Waals surface area contributed by atoms with Crippen LogP contribution in [-0.2, 0) is 0 Å². The first-order valence-electron chi connectivity index (χ1n) is 6.87. The number of halogens is 1. The molecule has 2 aromatic rings. The van der Waals surface area contributed by atoms with Crippen molar-refractivity contribution in [2.45, 2.75) is 25.3 Å². The van der Waals surface area contributed by atoms with Gasteiger partial charge in [0.15, 0.2) is 0 Å². The third-order valence-electron chi connectivity index (χ3n) is 3.42. The second-order valence-corrected chi connectivity index (χ2v) is 5.08. The highest BCUT2D eigenvalue weighted by molar-refractivity contribution is 5.44. The lowest BCUT2D eigenvalue weighted by Crippen LogP contribution is -2.25. The lowest BCUT2D eigenvalue weighted by atomic mass is 9.94. The molecule has 0 aromatic heterocycles. The van der Waals surface area contributed by atoms with Crippen molar-refractivity contribution in [2.75, 3.05) is 11.9 Å². The van der Waals surface area contributed by atoms with Gasteiger partial charge < -0.3 is 10.4 Å². The van der Waals surface area contributed by atoms with Gasteiger partial charge in [-0.05, 0) is 36.1 Å². The Balaban J connectivity index is 1.99. The number of rotatable bonds is 6. The lowest BCUT2D eigenvalue weighted by molar-refractivity contribution is 0.264. The summed E-state index contributed by atoms with van der Waals surface area (Å²) < 4.78 is 13.1. The Kier molecular flexibility index (Phi) is 5.13. The van der Waals surface area contributed by atoms with Gasteiger partial charge in [0.1, 0.15) is 5.82 Å². The Morgan fingerprint density at radius 3 is 2.50 bits per heavy atom. The summed E-state index contributed by atoms with van der Waals surface area (Å²) in [6.07, 6.45) is 0.789. The van der Waals surface area contributed by atoms with Crippen molar-refractivity contribution in [3.8, 4) is 0 Å². The van der Waals surface area contributed by atoms with E-state index < -0.39 is 0 Å². The zero-order valence-electron chi connectivity index (χ0n) is 11.6. The number of nitrogens with one attached hydrogen (secondary N) is 1. The van der Waals surface area contributed by atoms with Gasteiger partial charge >= 0.3 is 0 Å². The molecule has 0 saturated heterocycles. The van der Waals surface area contributed by atoms with Crippen molar-refractivity contribution in [3.63, 3.8) is 0 Å². The monoisotopic (exact) mass is 273 g/mol. The van der Waals surface area contributed by atoms with E-state index in [4.69, 9.17) is 0 Å². The van der Waals surface area contributed by atoms with E-state index in [0.29, 0.717) is 11.6 Å². The average Bonchev–Trinajstić information content (AvgIpc) is 2.47. The minimum atomic E-state index is -0.275. The molecule has 0 radical (unpaired) electrons. The molecule has 106 valence electrons. The van der Waals surface area contributed by atoms with Gasteiger partial charge in [-0.3, -0.25) is 0 Å². The molecular formula is C17H20FNO. The van der Waals surface area contributed by atoms with Gasteiger partial charge in [-0.2, -0.15) is 0 Å². The van der Waals surface area contributed by atoms with Crippen LogP contribution in [0.1, 0.15) is 24.8 Å². The summed E-state index contributed by atoms with van der Waals surface area (Å²) in [6.45, 7) is 2.15. The van der Waals surface area contributed by atoms with Gasteiger partial charge in [-0.1, -0.05) is 43.3 Å². The summed E-state index contributed by atoms with van der Waals surface area (Å²) in [7, 11) is 0. The molecule has 0 fully saturated rings. The molecule has 2 unspecified atom stereocenters. The molecule has 2 N–H and O–H groups in total. The van der Waals surface area contributed by atoms with Gasteiger partial charge in [-0.25, -0.2) is 4.39 Å². The number of aliphatic hydroxyl groups excluding tert-OH is 1. The van der Waals surface area contributed by atoms with Gasteiger partial charge in [0.2, 0.25) is 0 Å². The van der Waals surface area contributed by atoms with Gasteiger partial charge in [-0.15, -0.1) is 0 Å². The summed E-state index contributed by atoms with van der Waals surface area (Å²) in [6, 6.07) is 16.4. The van der Waals surface area contributed by atoms with E-state index in [1.165, 1.54) is 17.7 Å². The van der Waals surface area contributed by atoms with Crippen LogP contribution in [-0.4, -0.2) is 17.8 Å². The second-order valence-electron chi connectivity index (χ2n) is 5.08. The quantitative estimate of drug-likeness (QED) is 0.839. The van der Waals surface area contributed by atoms with E-state index in [1.807, 2.05) is 18.2 Å². The van der Waals surface area contributed by atoms with Gasteiger partial charge in [0, 0.05) is 11.7 Å². The van der Waals surface area contributed by atoms with E-state index in [1.54, 1.807) is 12.1 Å². The maximum Gasteiger partial charge on any atom is 0.125 e. The largest absolute Gasteiger partial charge is 0.394 e. The lowest BCUT2D eigenvalue weighted by Gasteiger charge is -2.22. The standard InChI is InChI=1S/C17H20FNO/c1-13(14-6-3-2-4-7-14)10-17(12-20)19-16-9-5-8-15(18)11-16/h2-9,11,13,17,19-20H,10,12H2,1H3. The molecule has 2 nitrogen and oxygen atoms in total. The molecular weight excluding hydrogens is 253 g/mol. The zero-order chi connectivity index (χ0) is 14.4. The first kappa shape index (κ1) is 14.5. The Morgan fingerprint density at radius 1 is 1.10 bits per heavy atom. The maximum absolute atomic E-state index is 13.1. The summed E-state index contributed by atoms with van der Waals surface area (Å²) in [5.41, 5.74) is 1.94. The van der Waals surface area contributed by atoms with Crippen LogP contribution in [0.2, 0.25) is 0 Å². The minimum absolute atomic E-state index is 0.0215. The number of hydrogen-bond donors (Lipinski definition) is 2. The summed E-state index contributed by atoms with van der Waals surface area (Å²) in [4.78, 5) is 0. The summed E-state index contributed by atoms with van der Waals surface area (Å²) in [5, 5.41) is 12.7. The molecule has 2 aromatic carbocycles. The van der Waals surface area contributed by atoms with Crippen LogP contribution in [0.3, 0.4) is 0 Å². The third-order valence-corrected chi connectivity index (χ3v) is 3.42. The average molecular weight is 273 g/mol. The molecule has 0 bridgehead atoms. The molecule has 0 amide bonds. The fourth-order valence-electron chi connectivity index (χ4n) is 2.34. The predicted molar refractivity (Wildman–Crippen MR) is 80.4 cm³/mol. The molecule has 0 aliphatic carbocycles. The topological polar surface area (TPSA) is 32.3 Å². The number of hydrogen-bond acceptors (Lipinski definition) is 2. The SMILES string of the molecule is CC(CC(CO)Nc1cccc(F)c1)c1ccccc1. The molecule has 3 heteroatoms. The Bertz CT molecular complexity index is 530. The van der Waals surface area contributed by atoms with Gasteiger partial charge in [0.05, 0.1) is 6.61 Å². The van der Waals surface area contributed by atoms with Crippen molar-refractivity contribution >= 4 is 5.69 Å². The molecule has 0 aliphatic rings. The fraction of sp³-hybridized carbons (Fsp3) is 0.294. The van der Waals surface area contributed by atoms with Crippen LogP contribution in [0.25, 0.3) is 0 Å². The van der Waals surface area contributed by atoms with E-state index in [2.05, 4.69) is 24.4 Å². The number of anilines is 1. The van der Waals surface area contributed by atoms with E-state index in [9.17, 15) is 9.50 Å². The summed E-state index contributed by atoms with van der Waals surface area (Å²) >= 11 is 0. The van der Waals surface area contributed by atoms with Crippen LogP contribution in [0.15, 0.2) is 54.6 Å². The molecule has 0 spiro atoms. The zero-order valence-corrected chi connectivity index (χ0v) is 11.6. The van der Waals surface area contributed by atoms with Crippen LogP contribution in [0, 0.1) is 5.82 Å². The Morgan fingerprint density at radius 2 is 1.85 bits per heavy atom. The van der Waals surface area contributed by atoms with E-state index >= 15 is 0 Å². The van der Waals surface area contributed by atoms with Crippen LogP contribution in [0.5, 0.6) is 0 Å². The molecule has 0 saturated carbocycles. The highest BCUT2D eigenvalue weighted by atomic mass is 19.1. The normalized spacial score (nSPS) is 13.8. The number of aliphatic hydroxyl groups is 1. The molecule has 2 rings (SSSR count). The second kappa shape index (κ2) is 7.06. The predicted octanol–water partition coefficient (Wildman–Crippen LogP) is 3.79. The van der Waals surface area contributed by atoms with Crippen molar-refractivity contribution in [3.05, 3.63) is 66.0 Å². The van der Waals surface area contributed by atoms with Crippen molar-refractivity contribution in [2.24, 2.45) is 0 Å². The van der Waals surface area contributed by atoms with E-state index in [-0.39, 0.29) is 18.5 Å². The first-order chi connectivity index (χ1) is 9.69. The molecule has 2 atom stereocenters. The van der Waals surface area contributed by atoms with Crippen LogP contribution >= 0.6 is 0 Å². The van der Waals surface area contributed by atoms with Gasteiger partial charge in [0.25, 0.3) is 0 Å². The van der Waals surface area contributed by atoms with Crippen LogP contribution < -0.4 is 5.32 Å². The smallest absolute Gasteiger partial charge is 0.125 e. The molecule has 0 heterocycles. The Hall–Kier alpha value is -1.87. The number of benzene rings is 2.